The molecule has 0 saturated heterocycles. The van der Waals surface area contributed by atoms with Crippen LogP contribution in [0.15, 0.2) is 58.9 Å². The van der Waals surface area contributed by atoms with E-state index in [1.54, 1.807) is 31.2 Å². The molecule has 1 amide bonds. The molecule has 0 spiro atoms. The molecule has 0 saturated carbocycles. The van der Waals surface area contributed by atoms with Gasteiger partial charge in [0, 0.05) is 6.04 Å². The highest BCUT2D eigenvalue weighted by molar-refractivity contribution is 7.91. The second-order valence-corrected chi connectivity index (χ2v) is 8.83. The van der Waals surface area contributed by atoms with E-state index < -0.39 is 22.0 Å². The van der Waals surface area contributed by atoms with Crippen LogP contribution in [0.25, 0.3) is 0 Å². The molecule has 2 N–H and O–H groups in total. The molecule has 27 heavy (non-hydrogen) atoms. The Morgan fingerprint density at radius 1 is 1.07 bits per heavy atom. The first-order chi connectivity index (χ1) is 12.9. The average molecular weight is 423 g/mol. The molecule has 10 heteroatoms. The maximum Gasteiger partial charge on any atom is 0.270 e. The molecule has 0 unspecified atom stereocenters. The van der Waals surface area contributed by atoms with Gasteiger partial charge in [-0.3, -0.25) is 10.1 Å². The van der Waals surface area contributed by atoms with Crippen LogP contribution in [0.4, 0.5) is 5.13 Å². The molecule has 7 nitrogen and oxygen atoms in total. The highest BCUT2D eigenvalue weighted by Gasteiger charge is 2.24. The van der Waals surface area contributed by atoms with E-state index in [9.17, 15) is 13.2 Å². The van der Waals surface area contributed by atoms with E-state index >= 15 is 0 Å². The molecular weight excluding hydrogens is 408 g/mol. The highest BCUT2D eigenvalue weighted by Crippen LogP contribution is 2.24. The van der Waals surface area contributed by atoms with E-state index in [0.29, 0.717) is 0 Å². The third-order valence-corrected chi connectivity index (χ3v) is 6.68. The summed E-state index contributed by atoms with van der Waals surface area (Å²) in [6, 6.07) is 15.2. The first kappa shape index (κ1) is 19.4. The monoisotopic (exact) mass is 422 g/mol. The smallest absolute Gasteiger partial charge is 0.270 e. The topological polar surface area (TPSA) is 101 Å². The number of hydrogen-bond acceptors (Lipinski definition) is 6. The highest BCUT2D eigenvalue weighted by atomic mass is 35.5. The van der Waals surface area contributed by atoms with Crippen molar-refractivity contribution in [2.24, 2.45) is 0 Å². The Morgan fingerprint density at radius 2 is 1.74 bits per heavy atom. The summed E-state index contributed by atoms with van der Waals surface area (Å²) >= 11 is 6.74. The lowest BCUT2D eigenvalue weighted by Crippen LogP contribution is -2.26. The Kier molecular flexibility index (Phi) is 5.85. The van der Waals surface area contributed by atoms with Crippen LogP contribution in [0, 0.1) is 0 Å². The van der Waals surface area contributed by atoms with E-state index in [4.69, 9.17) is 11.6 Å². The number of nitrogens with zero attached hydrogens (tertiary/aromatic N) is 2. The van der Waals surface area contributed by atoms with Gasteiger partial charge in [-0.15, -0.1) is 10.2 Å². The van der Waals surface area contributed by atoms with Gasteiger partial charge < -0.3 is 0 Å². The fourth-order valence-corrected chi connectivity index (χ4v) is 4.64. The Morgan fingerprint density at radius 3 is 2.44 bits per heavy atom. The first-order valence-corrected chi connectivity index (χ1v) is 10.5. The van der Waals surface area contributed by atoms with Crippen LogP contribution in [0.3, 0.4) is 0 Å². The minimum absolute atomic E-state index is 0.0626. The standard InChI is InChI=1S/C17H15ClN4O3S2/c1-11(12-7-3-2-4-8-12)22-27(24,25)17-21-20-16(26-17)19-15(23)13-9-5-6-10-14(13)18/h2-11,22H,1H3,(H,19,20,23)/t11-/m0/s1. The van der Waals surface area contributed by atoms with Crippen molar-refractivity contribution in [3.8, 4) is 0 Å². The average Bonchev–Trinajstić information content (AvgIpc) is 3.12. The predicted octanol–water partition coefficient (Wildman–Crippen LogP) is 3.48. The Labute approximate surface area is 165 Å². The lowest BCUT2D eigenvalue weighted by molar-refractivity contribution is 0.102. The summed E-state index contributed by atoms with van der Waals surface area (Å²) in [5, 5.41) is 10.3. The normalized spacial score (nSPS) is 12.5. The van der Waals surface area contributed by atoms with Crippen LogP contribution in [0.1, 0.15) is 28.9 Å². The number of aromatic nitrogens is 2. The minimum Gasteiger partial charge on any atom is -0.296 e. The van der Waals surface area contributed by atoms with Gasteiger partial charge in [0.2, 0.25) is 9.47 Å². The van der Waals surface area contributed by atoms with E-state index in [1.165, 1.54) is 0 Å². The second kappa shape index (κ2) is 8.13. The molecule has 0 radical (unpaired) electrons. The van der Waals surface area contributed by atoms with E-state index in [0.717, 1.165) is 16.9 Å². The number of amides is 1. The summed E-state index contributed by atoms with van der Waals surface area (Å²) in [4.78, 5) is 12.2. The molecule has 0 aliphatic carbocycles. The fourth-order valence-electron chi connectivity index (χ4n) is 2.27. The van der Waals surface area contributed by atoms with Crippen LogP contribution in [-0.2, 0) is 10.0 Å². The van der Waals surface area contributed by atoms with Gasteiger partial charge in [0.15, 0.2) is 0 Å². The van der Waals surface area contributed by atoms with Crippen LogP contribution in [0.5, 0.6) is 0 Å². The van der Waals surface area contributed by atoms with Gasteiger partial charge in [-0.25, -0.2) is 13.1 Å². The molecule has 1 heterocycles. The molecule has 0 aliphatic rings. The molecule has 140 valence electrons. The van der Waals surface area contributed by atoms with Gasteiger partial charge >= 0.3 is 0 Å². The Bertz CT molecular complexity index is 1050. The van der Waals surface area contributed by atoms with Gasteiger partial charge in [0.25, 0.3) is 15.9 Å². The fraction of sp³-hybridized carbons (Fsp3) is 0.118. The second-order valence-electron chi connectivity index (χ2n) is 5.56. The van der Waals surface area contributed by atoms with Crippen LogP contribution in [0.2, 0.25) is 5.02 Å². The number of halogens is 1. The van der Waals surface area contributed by atoms with Crippen molar-refractivity contribution in [1.82, 2.24) is 14.9 Å². The Balaban J connectivity index is 1.73. The molecule has 0 fully saturated rings. The van der Waals surface area contributed by atoms with Crippen LogP contribution in [-0.4, -0.2) is 24.5 Å². The van der Waals surface area contributed by atoms with E-state index in [2.05, 4.69) is 20.2 Å². The largest absolute Gasteiger partial charge is 0.296 e. The number of carbonyl (C=O) groups is 1. The van der Waals surface area contributed by atoms with Crippen molar-refractivity contribution in [3.05, 3.63) is 70.7 Å². The maximum absolute atomic E-state index is 12.5. The van der Waals surface area contributed by atoms with Crippen molar-refractivity contribution in [2.75, 3.05) is 5.32 Å². The summed E-state index contributed by atoms with van der Waals surface area (Å²) in [6.45, 7) is 1.73. The van der Waals surface area contributed by atoms with Crippen molar-refractivity contribution < 1.29 is 13.2 Å². The third-order valence-electron chi connectivity index (χ3n) is 3.61. The molecule has 3 rings (SSSR count). The number of sulfonamides is 1. The summed E-state index contributed by atoms with van der Waals surface area (Å²) in [5.41, 5.74) is 1.08. The minimum atomic E-state index is -3.88. The van der Waals surface area contributed by atoms with Gasteiger partial charge in [-0.1, -0.05) is 65.4 Å². The summed E-state index contributed by atoms with van der Waals surface area (Å²) in [5.74, 6) is -0.494. The molecule has 2 aromatic carbocycles. The zero-order valence-electron chi connectivity index (χ0n) is 14.1. The zero-order valence-corrected chi connectivity index (χ0v) is 16.5. The third kappa shape index (κ3) is 4.69. The number of benzene rings is 2. The summed E-state index contributed by atoms with van der Waals surface area (Å²) < 4.78 is 27.3. The quantitative estimate of drug-likeness (QED) is 0.592. The molecule has 0 aliphatic heterocycles. The lowest BCUT2D eigenvalue weighted by atomic mass is 10.1. The van der Waals surface area contributed by atoms with E-state index in [-0.39, 0.29) is 20.1 Å². The van der Waals surface area contributed by atoms with Gasteiger partial charge in [-0.05, 0) is 24.6 Å². The first-order valence-electron chi connectivity index (χ1n) is 7.83. The van der Waals surface area contributed by atoms with Crippen molar-refractivity contribution in [2.45, 2.75) is 17.3 Å². The number of hydrogen-bond donors (Lipinski definition) is 2. The van der Waals surface area contributed by atoms with Crippen LogP contribution >= 0.6 is 22.9 Å². The predicted molar refractivity (Wildman–Crippen MR) is 104 cm³/mol. The molecule has 0 bridgehead atoms. The van der Waals surface area contributed by atoms with Gasteiger partial charge in [-0.2, -0.15) is 0 Å². The summed E-state index contributed by atoms with van der Waals surface area (Å²) in [7, 11) is -3.88. The number of anilines is 1. The molecule has 1 atom stereocenters. The zero-order chi connectivity index (χ0) is 19.4. The van der Waals surface area contributed by atoms with Gasteiger partial charge in [0.1, 0.15) is 0 Å². The maximum atomic E-state index is 12.5. The number of rotatable bonds is 6. The van der Waals surface area contributed by atoms with Crippen LogP contribution < -0.4 is 10.0 Å². The number of nitrogens with one attached hydrogen (secondary N) is 2. The molecular formula is C17H15ClN4O3S2. The number of carbonyl (C=O) groups excluding carboxylic acids is 1. The van der Waals surface area contributed by atoms with E-state index in [1.807, 2.05) is 30.3 Å². The van der Waals surface area contributed by atoms with Crippen molar-refractivity contribution in [3.63, 3.8) is 0 Å². The van der Waals surface area contributed by atoms with Crippen molar-refractivity contribution >= 4 is 44.0 Å². The molecule has 1 aromatic heterocycles. The van der Waals surface area contributed by atoms with Crippen molar-refractivity contribution in [1.29, 1.82) is 0 Å². The Hall–Kier alpha value is -2.33. The molecule has 3 aromatic rings. The lowest BCUT2D eigenvalue weighted by Gasteiger charge is -2.12. The van der Waals surface area contributed by atoms with Gasteiger partial charge in [0.05, 0.1) is 10.6 Å². The summed E-state index contributed by atoms with van der Waals surface area (Å²) in [6.07, 6.45) is 0. The SMILES string of the molecule is C[C@H](NS(=O)(=O)c1nnc(NC(=O)c2ccccc2Cl)s1)c1ccccc1.